The van der Waals surface area contributed by atoms with Gasteiger partial charge in [-0.05, 0) is 12.0 Å². The summed E-state index contributed by atoms with van der Waals surface area (Å²) in [6.07, 6.45) is 2.81. The Morgan fingerprint density at radius 3 is 2.68 bits per heavy atom. The summed E-state index contributed by atoms with van der Waals surface area (Å²) in [4.78, 5) is 20.1. The van der Waals surface area contributed by atoms with Crippen LogP contribution in [0.2, 0.25) is 0 Å². The van der Waals surface area contributed by atoms with Crippen LogP contribution in [-0.4, -0.2) is 73.6 Å². The molecule has 3 heterocycles. The van der Waals surface area contributed by atoms with E-state index in [0.29, 0.717) is 72.8 Å². The van der Waals surface area contributed by atoms with E-state index in [1.54, 1.807) is 0 Å². The molecule has 31 heavy (non-hydrogen) atoms. The third kappa shape index (κ3) is 5.45. The Labute approximate surface area is 183 Å². The van der Waals surface area contributed by atoms with Crippen molar-refractivity contribution in [2.24, 2.45) is 0 Å². The van der Waals surface area contributed by atoms with E-state index in [2.05, 4.69) is 42.3 Å². The Balaban J connectivity index is 1.62. The summed E-state index contributed by atoms with van der Waals surface area (Å²) < 4.78 is 17.8. The first-order valence-electron chi connectivity index (χ1n) is 10.4. The van der Waals surface area contributed by atoms with Crippen LogP contribution in [-0.2, 0) is 17.2 Å². The summed E-state index contributed by atoms with van der Waals surface area (Å²) in [5, 5.41) is 12.2. The molecule has 1 saturated heterocycles. The number of hydrogen-bond acceptors (Lipinski definition) is 9. The molecule has 0 atom stereocenters. The van der Waals surface area contributed by atoms with E-state index in [1.807, 2.05) is 18.2 Å². The van der Waals surface area contributed by atoms with E-state index in [4.69, 9.17) is 9.84 Å². The van der Waals surface area contributed by atoms with Gasteiger partial charge in [0.2, 0.25) is 11.8 Å². The molecule has 2 aromatic heterocycles. The molecule has 3 aromatic rings. The number of aliphatic hydroxyl groups is 1. The largest absolute Gasteiger partial charge is 0.476 e. The Kier molecular flexibility index (Phi) is 7.21. The second kappa shape index (κ2) is 10.5. The molecule has 10 heteroatoms. The minimum atomic E-state index is -0.793. The number of hydrogen-bond donors (Lipinski definition) is 2. The molecule has 0 spiro atoms. The molecule has 2 N–H and O–H groups in total. The highest BCUT2D eigenvalue weighted by molar-refractivity contribution is 7.85. The lowest BCUT2D eigenvalue weighted by atomic mass is 10.2. The first-order chi connectivity index (χ1) is 15.2. The number of aromatic nitrogens is 4. The van der Waals surface area contributed by atoms with Gasteiger partial charge in [-0.1, -0.05) is 30.3 Å². The highest BCUT2D eigenvalue weighted by Gasteiger charge is 2.22. The fraction of sp³-hybridized carbons (Fsp3) is 0.429. The van der Waals surface area contributed by atoms with Crippen molar-refractivity contribution in [3.05, 3.63) is 42.2 Å². The van der Waals surface area contributed by atoms with Crippen LogP contribution < -0.4 is 15.0 Å². The Bertz CT molecular complexity index is 1030. The molecule has 0 radical (unpaired) electrons. The zero-order valence-electron chi connectivity index (χ0n) is 17.2. The third-order valence-corrected chi connectivity index (χ3v) is 6.27. The SMILES string of the molecule is O=S1CCN(c2nc(NCCCO)nc3c(OCCc4ccccc4)ncnc23)CC1. The molecule has 164 valence electrons. The van der Waals surface area contributed by atoms with Gasteiger partial charge in [0.1, 0.15) is 11.8 Å². The number of anilines is 2. The number of aliphatic hydroxyl groups excluding tert-OH is 1. The molecule has 9 nitrogen and oxygen atoms in total. The van der Waals surface area contributed by atoms with E-state index in [-0.39, 0.29) is 6.61 Å². The average Bonchev–Trinajstić information content (AvgIpc) is 2.80. The predicted octanol–water partition coefficient (Wildman–Crippen LogP) is 1.40. The van der Waals surface area contributed by atoms with E-state index < -0.39 is 10.8 Å². The summed E-state index contributed by atoms with van der Waals surface area (Å²) in [5.74, 6) is 2.73. The van der Waals surface area contributed by atoms with Crippen LogP contribution in [0, 0.1) is 0 Å². The number of ether oxygens (including phenoxy) is 1. The van der Waals surface area contributed by atoms with Crippen LogP contribution in [0.25, 0.3) is 11.0 Å². The molecule has 1 fully saturated rings. The van der Waals surface area contributed by atoms with Crippen molar-refractivity contribution in [2.45, 2.75) is 12.8 Å². The maximum absolute atomic E-state index is 11.8. The van der Waals surface area contributed by atoms with Crippen molar-refractivity contribution in [3.63, 3.8) is 0 Å². The van der Waals surface area contributed by atoms with Crippen molar-refractivity contribution in [2.75, 3.05) is 54.6 Å². The maximum Gasteiger partial charge on any atom is 0.244 e. The van der Waals surface area contributed by atoms with Crippen molar-refractivity contribution in [1.82, 2.24) is 19.9 Å². The number of fused-ring (bicyclic) bond motifs is 1. The summed E-state index contributed by atoms with van der Waals surface area (Å²) in [5.41, 5.74) is 2.34. The number of rotatable bonds is 9. The topological polar surface area (TPSA) is 113 Å². The lowest BCUT2D eigenvalue weighted by Crippen LogP contribution is -2.38. The molecule has 0 bridgehead atoms. The first-order valence-corrected chi connectivity index (χ1v) is 11.9. The van der Waals surface area contributed by atoms with Gasteiger partial charge in [-0.15, -0.1) is 0 Å². The second-order valence-electron chi connectivity index (χ2n) is 7.17. The minimum absolute atomic E-state index is 0.0857. The third-order valence-electron chi connectivity index (χ3n) is 5.00. The first kappa shape index (κ1) is 21.4. The van der Waals surface area contributed by atoms with Crippen LogP contribution in [0.15, 0.2) is 36.7 Å². The van der Waals surface area contributed by atoms with Gasteiger partial charge >= 0.3 is 0 Å². The smallest absolute Gasteiger partial charge is 0.244 e. The van der Waals surface area contributed by atoms with Gasteiger partial charge in [-0.3, -0.25) is 4.21 Å². The highest BCUT2D eigenvalue weighted by Crippen LogP contribution is 2.29. The van der Waals surface area contributed by atoms with Crippen molar-refractivity contribution in [1.29, 1.82) is 0 Å². The standard InChI is InChI=1S/C21H26N6O3S/c28-11-4-8-22-21-25-18-17(19(26-21)27-9-13-31(29)14-10-27)23-15-24-20(18)30-12-7-16-5-2-1-3-6-16/h1-3,5-6,15,28H,4,7-14H2,(H,22,25,26). The quantitative estimate of drug-likeness (QED) is 0.475. The highest BCUT2D eigenvalue weighted by atomic mass is 32.2. The monoisotopic (exact) mass is 442 g/mol. The second-order valence-corrected chi connectivity index (χ2v) is 8.87. The Hall–Kier alpha value is -2.85. The normalized spacial score (nSPS) is 14.7. The van der Waals surface area contributed by atoms with Gasteiger partial charge < -0.3 is 20.1 Å². The lowest BCUT2D eigenvalue weighted by Gasteiger charge is -2.28. The molecule has 1 aliphatic heterocycles. The van der Waals surface area contributed by atoms with E-state index in [1.165, 1.54) is 11.9 Å². The predicted molar refractivity (Wildman–Crippen MR) is 121 cm³/mol. The van der Waals surface area contributed by atoms with Crippen molar-refractivity contribution >= 4 is 33.6 Å². The van der Waals surface area contributed by atoms with Crippen LogP contribution in [0.3, 0.4) is 0 Å². The van der Waals surface area contributed by atoms with Gasteiger partial charge in [0, 0.05) is 55.0 Å². The Morgan fingerprint density at radius 1 is 1.10 bits per heavy atom. The molecule has 1 aromatic carbocycles. The molecule has 0 saturated carbocycles. The molecule has 1 aliphatic rings. The van der Waals surface area contributed by atoms with Crippen LogP contribution in [0.1, 0.15) is 12.0 Å². The van der Waals surface area contributed by atoms with Gasteiger partial charge in [0.25, 0.3) is 0 Å². The molecule has 0 amide bonds. The number of benzene rings is 1. The lowest BCUT2D eigenvalue weighted by molar-refractivity contribution is 0.292. The van der Waals surface area contributed by atoms with Crippen molar-refractivity contribution in [3.8, 4) is 5.88 Å². The fourth-order valence-corrected chi connectivity index (χ4v) is 4.41. The van der Waals surface area contributed by atoms with E-state index in [0.717, 1.165) is 6.42 Å². The van der Waals surface area contributed by atoms with E-state index in [9.17, 15) is 4.21 Å². The number of nitrogens with one attached hydrogen (secondary N) is 1. The van der Waals surface area contributed by atoms with Crippen LogP contribution in [0.4, 0.5) is 11.8 Å². The molecular weight excluding hydrogens is 416 g/mol. The van der Waals surface area contributed by atoms with E-state index >= 15 is 0 Å². The number of nitrogens with zero attached hydrogens (tertiary/aromatic N) is 5. The van der Waals surface area contributed by atoms with Gasteiger partial charge in [-0.2, -0.15) is 9.97 Å². The molecule has 0 aliphatic carbocycles. The zero-order valence-corrected chi connectivity index (χ0v) is 18.1. The summed E-state index contributed by atoms with van der Waals surface area (Å²) >= 11 is 0. The maximum atomic E-state index is 11.8. The molecule has 0 unspecified atom stereocenters. The fourth-order valence-electron chi connectivity index (χ4n) is 3.36. The van der Waals surface area contributed by atoms with Gasteiger partial charge in [-0.25, -0.2) is 9.97 Å². The minimum Gasteiger partial charge on any atom is -0.476 e. The van der Waals surface area contributed by atoms with Crippen molar-refractivity contribution < 1.29 is 14.1 Å². The molecule has 4 rings (SSSR count). The average molecular weight is 443 g/mol. The zero-order chi connectivity index (χ0) is 21.5. The summed E-state index contributed by atoms with van der Waals surface area (Å²) in [7, 11) is -0.793. The Morgan fingerprint density at radius 2 is 1.90 bits per heavy atom. The van der Waals surface area contributed by atoms with Gasteiger partial charge in [0.15, 0.2) is 11.3 Å². The van der Waals surface area contributed by atoms with Crippen LogP contribution in [0.5, 0.6) is 5.88 Å². The summed E-state index contributed by atoms with van der Waals surface area (Å²) in [6.45, 7) is 2.38. The van der Waals surface area contributed by atoms with Crippen LogP contribution >= 0.6 is 0 Å². The molecular formula is C21H26N6O3S. The summed E-state index contributed by atoms with van der Waals surface area (Å²) in [6, 6.07) is 10.1. The van der Waals surface area contributed by atoms with Gasteiger partial charge in [0.05, 0.1) is 6.61 Å².